The molecule has 0 spiro atoms. The molecule has 1 aliphatic carbocycles. The number of allylic oxidation sites excluding steroid dienone is 3. The molecule has 0 atom stereocenters. The Morgan fingerprint density at radius 1 is 1.23 bits per heavy atom. The highest BCUT2D eigenvalue weighted by Gasteiger charge is 1.92. The van der Waals surface area contributed by atoms with Crippen LogP contribution in [0.1, 0.15) is 48.9 Å². The van der Waals surface area contributed by atoms with Gasteiger partial charge in [-0.2, -0.15) is 0 Å². The molecule has 0 saturated carbocycles. The zero-order valence-corrected chi connectivity index (χ0v) is 9.85. The maximum Gasteiger partial charge on any atom is 0.0296 e. The Balaban J connectivity index is -0.000000216. The summed E-state index contributed by atoms with van der Waals surface area (Å²) < 4.78 is 0. The van der Waals surface area contributed by atoms with Crippen molar-refractivity contribution in [3.05, 3.63) is 23.9 Å². The van der Waals surface area contributed by atoms with Gasteiger partial charge >= 0.3 is 0 Å². The number of hydrogen-bond donors (Lipinski definition) is 1. The summed E-state index contributed by atoms with van der Waals surface area (Å²) in [7, 11) is 0. The molecule has 1 N–H and O–H groups in total. The van der Waals surface area contributed by atoms with E-state index in [0.29, 0.717) is 0 Å². The van der Waals surface area contributed by atoms with Gasteiger partial charge in [-0.3, -0.25) is 0 Å². The van der Waals surface area contributed by atoms with Crippen LogP contribution in [0.4, 0.5) is 0 Å². The SMILES string of the molecule is CC.CC.CCNC1=CCCC=C1.[HH]. The summed E-state index contributed by atoms with van der Waals surface area (Å²) in [5.74, 6) is 0. The monoisotopic (exact) mass is 185 g/mol. The number of likely N-dealkylation sites (N-methyl/N-ethyl adjacent to an activating group) is 1. The largest absolute Gasteiger partial charge is 0.386 e. The molecule has 80 valence electrons. The van der Waals surface area contributed by atoms with E-state index in [1.807, 2.05) is 27.7 Å². The molecule has 0 aliphatic heterocycles. The van der Waals surface area contributed by atoms with Crippen molar-refractivity contribution in [1.82, 2.24) is 5.32 Å². The normalized spacial score (nSPS) is 12.8. The fourth-order valence-electron chi connectivity index (χ4n) is 0.949. The number of nitrogens with one attached hydrogen (secondary N) is 1. The van der Waals surface area contributed by atoms with Crippen molar-refractivity contribution in [1.29, 1.82) is 0 Å². The third-order valence-electron chi connectivity index (χ3n) is 1.38. The molecule has 0 bridgehead atoms. The maximum atomic E-state index is 3.26. The van der Waals surface area contributed by atoms with E-state index < -0.39 is 0 Å². The van der Waals surface area contributed by atoms with Crippen LogP contribution in [-0.4, -0.2) is 6.54 Å². The van der Waals surface area contributed by atoms with Gasteiger partial charge in [0.15, 0.2) is 0 Å². The Hall–Kier alpha value is -0.720. The van der Waals surface area contributed by atoms with E-state index in [-0.39, 0.29) is 1.43 Å². The van der Waals surface area contributed by atoms with Crippen LogP contribution in [-0.2, 0) is 0 Å². The lowest BCUT2D eigenvalue weighted by molar-refractivity contribution is 0.850. The van der Waals surface area contributed by atoms with Gasteiger partial charge in [0, 0.05) is 13.7 Å². The molecule has 0 saturated heterocycles. The molecule has 0 unspecified atom stereocenters. The van der Waals surface area contributed by atoms with Crippen LogP contribution in [0.25, 0.3) is 0 Å². The smallest absolute Gasteiger partial charge is 0.0296 e. The lowest BCUT2D eigenvalue weighted by Crippen LogP contribution is -2.11. The van der Waals surface area contributed by atoms with Crippen molar-refractivity contribution in [3.8, 4) is 0 Å². The van der Waals surface area contributed by atoms with Gasteiger partial charge in [-0.1, -0.05) is 39.8 Å². The molecule has 0 aromatic rings. The van der Waals surface area contributed by atoms with Crippen molar-refractivity contribution in [2.45, 2.75) is 47.5 Å². The van der Waals surface area contributed by atoms with Gasteiger partial charge in [0.2, 0.25) is 0 Å². The molecule has 1 aliphatic rings. The Morgan fingerprint density at radius 3 is 2.23 bits per heavy atom. The van der Waals surface area contributed by atoms with Gasteiger partial charge in [0.1, 0.15) is 0 Å². The molecule has 0 aromatic heterocycles. The van der Waals surface area contributed by atoms with Gasteiger partial charge in [-0.15, -0.1) is 0 Å². The summed E-state index contributed by atoms with van der Waals surface area (Å²) >= 11 is 0. The standard InChI is InChI=1S/C8H13N.2C2H6.H2/c1-2-9-8-6-4-3-5-7-8;2*1-2;/h4,6-7,9H,2-3,5H2,1H3;2*1-2H3;1H. The molecule has 0 fully saturated rings. The third-order valence-corrected chi connectivity index (χ3v) is 1.38. The molecular weight excluding hydrogens is 158 g/mol. The molecule has 0 heterocycles. The second kappa shape index (κ2) is 13.8. The predicted molar refractivity (Wildman–Crippen MR) is 64.9 cm³/mol. The summed E-state index contributed by atoms with van der Waals surface area (Å²) in [5, 5.41) is 3.26. The van der Waals surface area contributed by atoms with Gasteiger partial charge in [-0.05, 0) is 25.8 Å². The highest BCUT2D eigenvalue weighted by molar-refractivity contribution is 5.19. The molecule has 13 heavy (non-hydrogen) atoms. The fraction of sp³-hybridized carbons (Fsp3) is 0.667. The van der Waals surface area contributed by atoms with Crippen molar-refractivity contribution in [2.75, 3.05) is 6.54 Å². The highest BCUT2D eigenvalue weighted by atomic mass is 14.9. The lowest BCUT2D eigenvalue weighted by Gasteiger charge is -2.06. The minimum Gasteiger partial charge on any atom is -0.386 e. The van der Waals surface area contributed by atoms with Crippen LogP contribution in [0, 0.1) is 0 Å². The first-order valence-corrected chi connectivity index (χ1v) is 5.54. The van der Waals surface area contributed by atoms with Gasteiger partial charge < -0.3 is 5.32 Å². The van der Waals surface area contributed by atoms with E-state index in [0.717, 1.165) is 6.54 Å². The molecule has 1 nitrogen and oxygen atoms in total. The van der Waals surface area contributed by atoms with E-state index in [9.17, 15) is 0 Å². The van der Waals surface area contributed by atoms with E-state index in [1.165, 1.54) is 18.5 Å². The second-order valence-electron chi connectivity index (χ2n) is 2.17. The van der Waals surface area contributed by atoms with Crippen LogP contribution < -0.4 is 5.32 Å². The van der Waals surface area contributed by atoms with Crippen LogP contribution in [0.15, 0.2) is 23.9 Å². The first-order chi connectivity index (χ1) is 6.43. The topological polar surface area (TPSA) is 12.0 Å². The van der Waals surface area contributed by atoms with E-state index in [4.69, 9.17) is 0 Å². The Kier molecular flexibility index (Phi) is 15.7. The number of rotatable bonds is 2. The summed E-state index contributed by atoms with van der Waals surface area (Å²) in [5.41, 5.74) is 1.28. The minimum atomic E-state index is 0. The molecule has 0 amide bonds. The van der Waals surface area contributed by atoms with Gasteiger partial charge in [-0.25, -0.2) is 0 Å². The van der Waals surface area contributed by atoms with E-state index >= 15 is 0 Å². The van der Waals surface area contributed by atoms with E-state index in [1.54, 1.807) is 0 Å². The maximum absolute atomic E-state index is 3.26. The summed E-state index contributed by atoms with van der Waals surface area (Å²) in [6.45, 7) is 11.1. The van der Waals surface area contributed by atoms with Crippen LogP contribution in [0.5, 0.6) is 0 Å². The van der Waals surface area contributed by atoms with Gasteiger partial charge in [0.25, 0.3) is 0 Å². The van der Waals surface area contributed by atoms with Crippen molar-refractivity contribution in [2.24, 2.45) is 0 Å². The molecule has 0 radical (unpaired) electrons. The first-order valence-electron chi connectivity index (χ1n) is 5.54. The summed E-state index contributed by atoms with van der Waals surface area (Å²) in [4.78, 5) is 0. The lowest BCUT2D eigenvalue weighted by atomic mass is 10.1. The van der Waals surface area contributed by atoms with Crippen LogP contribution in [0.3, 0.4) is 0 Å². The van der Waals surface area contributed by atoms with Gasteiger partial charge in [0.05, 0.1) is 0 Å². The quantitative estimate of drug-likeness (QED) is 0.682. The first kappa shape index (κ1) is 14.8. The average molecular weight is 185 g/mol. The van der Waals surface area contributed by atoms with E-state index in [2.05, 4.69) is 30.5 Å². The molecule has 1 rings (SSSR count). The highest BCUT2D eigenvalue weighted by Crippen LogP contribution is 2.05. The predicted octanol–water partition coefficient (Wildman–Crippen LogP) is 4.13. The van der Waals surface area contributed by atoms with Crippen molar-refractivity contribution >= 4 is 0 Å². The summed E-state index contributed by atoms with van der Waals surface area (Å²) in [6.07, 6.45) is 8.99. The minimum absolute atomic E-state index is 0. The summed E-state index contributed by atoms with van der Waals surface area (Å²) in [6, 6.07) is 0. The fourth-order valence-corrected chi connectivity index (χ4v) is 0.949. The molecule has 1 heteroatoms. The Labute approximate surface area is 85.4 Å². The van der Waals surface area contributed by atoms with Crippen LogP contribution >= 0.6 is 0 Å². The number of hydrogen-bond acceptors (Lipinski definition) is 1. The molecule has 0 aromatic carbocycles. The average Bonchev–Trinajstić information content (AvgIpc) is 2.26. The van der Waals surface area contributed by atoms with Crippen LogP contribution in [0.2, 0.25) is 0 Å². The van der Waals surface area contributed by atoms with Crippen molar-refractivity contribution in [3.63, 3.8) is 0 Å². The second-order valence-corrected chi connectivity index (χ2v) is 2.17. The Bertz CT molecular complexity index is 139. The zero-order chi connectivity index (χ0) is 10.5. The van der Waals surface area contributed by atoms with Crippen molar-refractivity contribution < 1.29 is 1.43 Å². The Morgan fingerprint density at radius 2 is 1.85 bits per heavy atom. The third kappa shape index (κ3) is 9.19. The molecular formula is C12H27N. The zero-order valence-electron chi connectivity index (χ0n) is 9.85.